The summed E-state index contributed by atoms with van der Waals surface area (Å²) < 4.78 is 1.69. The first kappa shape index (κ1) is 18.4. The smallest absolute Gasteiger partial charge is 0.254 e. The predicted molar refractivity (Wildman–Crippen MR) is 109 cm³/mol. The molecule has 2 aromatic heterocycles. The van der Waals surface area contributed by atoms with Gasteiger partial charge in [0.15, 0.2) is 0 Å². The molecule has 3 heterocycles. The average molecular weight is 395 g/mol. The zero-order valence-electron chi connectivity index (χ0n) is 15.7. The lowest BCUT2D eigenvalue weighted by atomic mass is 9.92. The van der Waals surface area contributed by atoms with Crippen LogP contribution in [0.1, 0.15) is 50.7 Å². The zero-order chi connectivity index (χ0) is 19.7. The van der Waals surface area contributed by atoms with Crippen LogP contribution in [0.25, 0.3) is 5.69 Å². The molecule has 0 saturated carbocycles. The number of hydrogen-bond donors (Lipinski definition) is 1. The van der Waals surface area contributed by atoms with Crippen molar-refractivity contribution in [3.8, 4) is 5.69 Å². The maximum Gasteiger partial charge on any atom is 0.254 e. The highest BCUT2D eigenvalue weighted by molar-refractivity contribution is 7.08. The molecule has 1 saturated heterocycles. The van der Waals surface area contributed by atoms with E-state index in [1.54, 1.807) is 10.9 Å². The van der Waals surface area contributed by atoms with Crippen molar-refractivity contribution in [2.75, 3.05) is 13.1 Å². The largest absolute Gasteiger partial charge is 0.365 e. The minimum absolute atomic E-state index is 0.0101. The van der Waals surface area contributed by atoms with E-state index in [2.05, 4.69) is 5.10 Å². The van der Waals surface area contributed by atoms with Crippen molar-refractivity contribution >= 4 is 23.2 Å². The van der Waals surface area contributed by atoms with Gasteiger partial charge < -0.3 is 10.6 Å². The maximum absolute atomic E-state index is 12.9. The van der Waals surface area contributed by atoms with Crippen LogP contribution in [0, 0.1) is 6.92 Å². The van der Waals surface area contributed by atoms with E-state index >= 15 is 0 Å². The molecular formula is C21H22N4O2S. The molecule has 0 spiro atoms. The summed E-state index contributed by atoms with van der Waals surface area (Å²) in [5.41, 5.74) is 9.37. The Morgan fingerprint density at radius 3 is 2.64 bits per heavy atom. The number of piperidine rings is 1. The number of likely N-dealkylation sites (tertiary alicyclic amines) is 1. The molecule has 0 unspecified atom stereocenters. The van der Waals surface area contributed by atoms with Gasteiger partial charge in [-0.05, 0) is 42.8 Å². The fourth-order valence-electron chi connectivity index (χ4n) is 3.73. The van der Waals surface area contributed by atoms with Gasteiger partial charge in [0.2, 0.25) is 0 Å². The van der Waals surface area contributed by atoms with E-state index in [1.807, 2.05) is 52.9 Å². The highest BCUT2D eigenvalue weighted by Crippen LogP contribution is 2.30. The Hall–Kier alpha value is -2.93. The van der Waals surface area contributed by atoms with Crippen molar-refractivity contribution in [2.45, 2.75) is 25.7 Å². The molecule has 0 aliphatic carbocycles. The van der Waals surface area contributed by atoms with Crippen LogP contribution in [0.4, 0.5) is 0 Å². The Morgan fingerprint density at radius 2 is 1.96 bits per heavy atom. The summed E-state index contributed by atoms with van der Waals surface area (Å²) in [6, 6.07) is 9.63. The second-order valence-electron chi connectivity index (χ2n) is 7.13. The quantitative estimate of drug-likeness (QED) is 0.737. The number of amides is 2. The van der Waals surface area contributed by atoms with E-state index in [9.17, 15) is 9.59 Å². The molecule has 28 heavy (non-hydrogen) atoms. The van der Waals surface area contributed by atoms with E-state index in [0.29, 0.717) is 17.8 Å². The first-order valence-corrected chi connectivity index (χ1v) is 10.3. The van der Waals surface area contributed by atoms with Crippen molar-refractivity contribution in [3.05, 3.63) is 69.7 Å². The van der Waals surface area contributed by atoms with Gasteiger partial charge in [-0.25, -0.2) is 4.68 Å². The molecule has 0 radical (unpaired) electrons. The normalized spacial score (nSPS) is 16.9. The third kappa shape index (κ3) is 3.45. The van der Waals surface area contributed by atoms with Gasteiger partial charge >= 0.3 is 0 Å². The number of primary amides is 1. The van der Waals surface area contributed by atoms with E-state index in [-0.39, 0.29) is 11.8 Å². The summed E-state index contributed by atoms with van der Waals surface area (Å²) in [5.74, 6) is -0.454. The highest BCUT2D eigenvalue weighted by atomic mass is 32.1. The highest BCUT2D eigenvalue weighted by Gasteiger charge is 2.30. The summed E-state index contributed by atoms with van der Waals surface area (Å²) in [6.45, 7) is 3.22. The van der Waals surface area contributed by atoms with Gasteiger partial charge in [0.1, 0.15) is 0 Å². The van der Waals surface area contributed by atoms with Crippen LogP contribution in [0.15, 0.2) is 47.3 Å². The summed E-state index contributed by atoms with van der Waals surface area (Å²) in [4.78, 5) is 26.8. The standard InChI is InChI=1S/C21H22N4O2S/c1-14-12-28-13-18(14)21(27)24-9-5-6-15(10-24)19-17(20(22)26)11-25(23-19)16-7-3-2-4-8-16/h2-4,7-8,11-13,15H,5-6,9-10H2,1H3,(H2,22,26)/t15-/m1/s1. The van der Waals surface area contributed by atoms with Crippen molar-refractivity contribution in [1.82, 2.24) is 14.7 Å². The minimum Gasteiger partial charge on any atom is -0.365 e. The second kappa shape index (κ2) is 7.59. The molecule has 2 N–H and O–H groups in total. The van der Waals surface area contributed by atoms with E-state index in [0.717, 1.165) is 36.2 Å². The molecule has 1 fully saturated rings. The van der Waals surface area contributed by atoms with Gasteiger partial charge in [-0.2, -0.15) is 16.4 Å². The fraction of sp³-hybridized carbons (Fsp3) is 0.286. The molecule has 0 bridgehead atoms. The summed E-state index contributed by atoms with van der Waals surface area (Å²) in [7, 11) is 0. The number of para-hydroxylation sites is 1. The van der Waals surface area contributed by atoms with Gasteiger partial charge in [-0.1, -0.05) is 18.2 Å². The second-order valence-corrected chi connectivity index (χ2v) is 7.87. The van der Waals surface area contributed by atoms with Crippen LogP contribution in [0.3, 0.4) is 0 Å². The number of hydrogen-bond acceptors (Lipinski definition) is 4. The van der Waals surface area contributed by atoms with Crippen LogP contribution < -0.4 is 5.73 Å². The van der Waals surface area contributed by atoms with Crippen LogP contribution in [0.5, 0.6) is 0 Å². The molecule has 1 aliphatic heterocycles. The Labute approximate surface area is 167 Å². The monoisotopic (exact) mass is 394 g/mol. The molecule has 3 aromatic rings. The Bertz CT molecular complexity index is 1010. The topological polar surface area (TPSA) is 81.2 Å². The third-order valence-corrected chi connectivity index (χ3v) is 6.07. The van der Waals surface area contributed by atoms with Crippen molar-refractivity contribution in [1.29, 1.82) is 0 Å². The van der Waals surface area contributed by atoms with Crippen molar-refractivity contribution in [3.63, 3.8) is 0 Å². The van der Waals surface area contributed by atoms with E-state index in [1.165, 1.54) is 11.3 Å². The molecule has 2 amide bonds. The first-order chi connectivity index (χ1) is 13.5. The molecule has 1 aromatic carbocycles. The summed E-state index contributed by atoms with van der Waals surface area (Å²) in [5, 5.41) is 8.57. The first-order valence-electron chi connectivity index (χ1n) is 9.31. The third-order valence-electron chi connectivity index (χ3n) is 5.21. The van der Waals surface area contributed by atoms with Gasteiger partial charge in [-0.15, -0.1) is 0 Å². The van der Waals surface area contributed by atoms with Gasteiger partial charge in [0, 0.05) is 30.6 Å². The zero-order valence-corrected chi connectivity index (χ0v) is 16.5. The number of carbonyl (C=O) groups is 2. The Morgan fingerprint density at radius 1 is 1.18 bits per heavy atom. The lowest BCUT2D eigenvalue weighted by Crippen LogP contribution is -2.39. The van der Waals surface area contributed by atoms with Crippen LogP contribution >= 0.6 is 11.3 Å². The van der Waals surface area contributed by atoms with E-state index < -0.39 is 5.91 Å². The molecule has 6 nitrogen and oxygen atoms in total. The molecule has 4 rings (SSSR count). The van der Waals surface area contributed by atoms with Crippen molar-refractivity contribution < 1.29 is 9.59 Å². The molecule has 1 aliphatic rings. The number of nitrogens with zero attached hydrogens (tertiary/aromatic N) is 3. The number of thiophene rings is 1. The molecule has 144 valence electrons. The lowest BCUT2D eigenvalue weighted by Gasteiger charge is -2.32. The Kier molecular flexibility index (Phi) is 5.00. The minimum atomic E-state index is -0.491. The van der Waals surface area contributed by atoms with Crippen LogP contribution in [-0.4, -0.2) is 39.6 Å². The molecule has 7 heteroatoms. The molecular weight excluding hydrogens is 372 g/mol. The number of benzene rings is 1. The number of aromatic nitrogens is 2. The van der Waals surface area contributed by atoms with E-state index in [4.69, 9.17) is 5.73 Å². The van der Waals surface area contributed by atoms with Crippen molar-refractivity contribution in [2.24, 2.45) is 5.73 Å². The fourth-order valence-corrected chi connectivity index (χ4v) is 4.55. The van der Waals surface area contributed by atoms with Crippen LogP contribution in [0.2, 0.25) is 0 Å². The average Bonchev–Trinajstić information content (AvgIpc) is 3.35. The summed E-state index contributed by atoms with van der Waals surface area (Å²) in [6.07, 6.45) is 3.44. The lowest BCUT2D eigenvalue weighted by molar-refractivity contribution is 0.0705. The molecule has 1 atom stereocenters. The number of aryl methyl sites for hydroxylation is 1. The summed E-state index contributed by atoms with van der Waals surface area (Å²) >= 11 is 1.54. The number of carbonyl (C=O) groups excluding carboxylic acids is 2. The Balaban J connectivity index is 1.63. The van der Waals surface area contributed by atoms with Crippen LogP contribution in [-0.2, 0) is 0 Å². The number of nitrogens with two attached hydrogens (primary N) is 1. The predicted octanol–water partition coefficient (Wildman–Crippen LogP) is 3.36. The van der Waals surface area contributed by atoms with Gasteiger partial charge in [-0.3, -0.25) is 9.59 Å². The van der Waals surface area contributed by atoms with Gasteiger partial charge in [0.05, 0.1) is 22.5 Å². The SMILES string of the molecule is Cc1cscc1C(=O)N1CCC[C@@H](c2nn(-c3ccccc3)cc2C(N)=O)C1. The number of rotatable bonds is 4. The maximum atomic E-state index is 12.9. The van der Waals surface area contributed by atoms with Gasteiger partial charge in [0.25, 0.3) is 11.8 Å².